The SMILES string of the molecule is C1=C(c2cccc3ccccc23)NC(C2=CC=C(n3c4ccccc4c4cc5c6ccccc6n(-c6ccccc6)c5cc43)NC2)NC1c1ccccc1. The molecule has 2 aliphatic rings. The summed E-state index contributed by atoms with van der Waals surface area (Å²) in [6.07, 6.45) is 6.81. The highest BCUT2D eigenvalue weighted by molar-refractivity contribution is 6.19. The summed E-state index contributed by atoms with van der Waals surface area (Å²) < 4.78 is 4.80. The highest BCUT2D eigenvalue weighted by Crippen LogP contribution is 2.40. The zero-order chi connectivity index (χ0) is 35.6. The Labute approximate surface area is 313 Å². The molecule has 0 radical (unpaired) electrons. The predicted molar refractivity (Wildman–Crippen MR) is 225 cm³/mol. The van der Waals surface area contributed by atoms with Gasteiger partial charge in [-0.05, 0) is 70.5 Å². The number of nitrogens with zero attached hydrogens (tertiary/aromatic N) is 2. The summed E-state index contributed by atoms with van der Waals surface area (Å²) in [5.74, 6) is 1.06. The average molecular weight is 696 g/mol. The summed E-state index contributed by atoms with van der Waals surface area (Å²) in [5.41, 5.74) is 10.8. The number of aromatic nitrogens is 2. The lowest BCUT2D eigenvalue weighted by Gasteiger charge is -2.35. The Hall–Kier alpha value is -6.82. The lowest BCUT2D eigenvalue weighted by Crippen LogP contribution is -2.49. The molecule has 0 bridgehead atoms. The molecule has 0 fully saturated rings. The Balaban J connectivity index is 1.04. The number of allylic oxidation sites excluding steroid dienone is 2. The van der Waals surface area contributed by atoms with Gasteiger partial charge in [0.15, 0.2) is 0 Å². The standard InChI is InChI=1S/C49H37N5/c1-3-15-33(16-4-1)42-29-43(37-23-13-17-32-14-7-8-20-36(32)37)52-49(51-42)34-26-27-48(50-31-34)54-45-25-12-10-22-39(45)41-28-40-38-21-9-11-24-44(38)53(46(40)30-47(41)54)35-18-5-2-6-19-35/h1-30,42,49-52H,31H2. The molecule has 4 heterocycles. The van der Waals surface area contributed by atoms with Crippen molar-refractivity contribution >= 4 is 65.9 Å². The fourth-order valence-corrected chi connectivity index (χ4v) is 8.71. The number of para-hydroxylation sites is 3. The maximum Gasteiger partial charge on any atom is 0.111 e. The number of hydrogen-bond acceptors (Lipinski definition) is 3. The summed E-state index contributed by atoms with van der Waals surface area (Å²) in [5, 5.41) is 19.2. The summed E-state index contributed by atoms with van der Waals surface area (Å²) >= 11 is 0. The van der Waals surface area contributed by atoms with Crippen LogP contribution in [-0.4, -0.2) is 21.8 Å². The van der Waals surface area contributed by atoms with Gasteiger partial charge in [-0.1, -0.05) is 133 Å². The summed E-state index contributed by atoms with van der Waals surface area (Å²) in [6, 6.07) is 59.0. The minimum absolute atomic E-state index is 0.0498. The molecular weight excluding hydrogens is 659 g/mol. The largest absolute Gasteiger partial charge is 0.367 e. The summed E-state index contributed by atoms with van der Waals surface area (Å²) in [7, 11) is 0. The highest BCUT2D eigenvalue weighted by atomic mass is 15.2. The van der Waals surface area contributed by atoms with Gasteiger partial charge in [0.1, 0.15) is 12.0 Å². The van der Waals surface area contributed by atoms with Gasteiger partial charge >= 0.3 is 0 Å². The van der Waals surface area contributed by atoms with E-state index in [1.807, 2.05) is 0 Å². The fraction of sp³-hybridized carbons (Fsp3) is 0.0612. The minimum atomic E-state index is -0.0705. The Morgan fingerprint density at radius 1 is 0.500 bits per heavy atom. The van der Waals surface area contributed by atoms with E-state index in [-0.39, 0.29) is 12.2 Å². The van der Waals surface area contributed by atoms with Gasteiger partial charge in [-0.15, -0.1) is 0 Å². The third-order valence-corrected chi connectivity index (χ3v) is 11.2. The van der Waals surface area contributed by atoms with E-state index >= 15 is 0 Å². The Bertz CT molecular complexity index is 2990. The molecule has 5 heteroatoms. The van der Waals surface area contributed by atoms with Crippen molar-refractivity contribution in [2.45, 2.75) is 12.2 Å². The Kier molecular flexibility index (Phi) is 7.07. The summed E-state index contributed by atoms with van der Waals surface area (Å²) in [4.78, 5) is 0. The van der Waals surface area contributed by atoms with Gasteiger partial charge in [0, 0.05) is 45.0 Å². The van der Waals surface area contributed by atoms with Gasteiger partial charge < -0.3 is 15.2 Å². The average Bonchev–Trinajstić information content (AvgIpc) is 3.75. The molecule has 0 saturated heterocycles. The van der Waals surface area contributed by atoms with Gasteiger partial charge in [0.2, 0.25) is 0 Å². The monoisotopic (exact) mass is 695 g/mol. The molecule has 2 aromatic heterocycles. The first-order valence-electron chi connectivity index (χ1n) is 18.7. The van der Waals surface area contributed by atoms with Gasteiger partial charge in [0.05, 0.1) is 28.1 Å². The van der Waals surface area contributed by atoms with E-state index in [9.17, 15) is 0 Å². The van der Waals surface area contributed by atoms with Crippen molar-refractivity contribution in [1.29, 1.82) is 0 Å². The maximum absolute atomic E-state index is 3.92. The second kappa shape index (κ2) is 12.4. The second-order valence-corrected chi connectivity index (χ2v) is 14.3. The Morgan fingerprint density at radius 2 is 1.13 bits per heavy atom. The van der Waals surface area contributed by atoms with E-state index in [1.165, 1.54) is 71.1 Å². The van der Waals surface area contributed by atoms with Crippen LogP contribution in [0.15, 0.2) is 188 Å². The van der Waals surface area contributed by atoms with Crippen LogP contribution in [0.2, 0.25) is 0 Å². The molecule has 54 heavy (non-hydrogen) atoms. The molecule has 0 spiro atoms. The van der Waals surface area contributed by atoms with E-state index in [0.29, 0.717) is 6.54 Å². The molecule has 2 atom stereocenters. The Morgan fingerprint density at radius 3 is 1.87 bits per heavy atom. The predicted octanol–water partition coefficient (Wildman–Crippen LogP) is 10.7. The quantitative estimate of drug-likeness (QED) is 0.168. The highest BCUT2D eigenvalue weighted by Gasteiger charge is 2.28. The van der Waals surface area contributed by atoms with Crippen molar-refractivity contribution in [1.82, 2.24) is 25.1 Å². The molecule has 9 aromatic rings. The molecule has 0 amide bonds. The lowest BCUT2D eigenvalue weighted by atomic mass is 9.95. The number of benzene rings is 7. The second-order valence-electron chi connectivity index (χ2n) is 14.3. The van der Waals surface area contributed by atoms with Crippen LogP contribution in [0, 0.1) is 0 Å². The van der Waals surface area contributed by atoms with Gasteiger partial charge in [-0.2, -0.15) is 0 Å². The van der Waals surface area contributed by atoms with Crippen LogP contribution in [0.3, 0.4) is 0 Å². The van der Waals surface area contributed by atoms with E-state index in [0.717, 1.165) is 17.2 Å². The molecule has 0 saturated carbocycles. The zero-order valence-electron chi connectivity index (χ0n) is 29.6. The molecular formula is C49H37N5. The third-order valence-electron chi connectivity index (χ3n) is 11.2. The molecule has 2 unspecified atom stereocenters. The molecule has 11 rings (SSSR count). The summed E-state index contributed by atoms with van der Waals surface area (Å²) in [6.45, 7) is 0.696. The number of fused-ring (bicyclic) bond motifs is 7. The van der Waals surface area contributed by atoms with Crippen LogP contribution in [-0.2, 0) is 0 Å². The molecule has 258 valence electrons. The van der Waals surface area contributed by atoms with Crippen molar-refractivity contribution in [3.05, 3.63) is 199 Å². The topological polar surface area (TPSA) is 46.0 Å². The normalized spacial score (nSPS) is 17.4. The maximum atomic E-state index is 3.92. The third kappa shape index (κ3) is 4.90. The van der Waals surface area contributed by atoms with E-state index < -0.39 is 0 Å². The number of nitrogens with one attached hydrogen (secondary N) is 3. The number of rotatable bonds is 5. The number of dihydropyridines is 1. The first kappa shape index (κ1) is 30.8. The van der Waals surface area contributed by atoms with Crippen LogP contribution < -0.4 is 16.0 Å². The van der Waals surface area contributed by atoms with Crippen LogP contribution >= 0.6 is 0 Å². The lowest BCUT2D eigenvalue weighted by molar-refractivity contribution is 0.467. The minimum Gasteiger partial charge on any atom is -0.367 e. The van der Waals surface area contributed by atoms with E-state index in [2.05, 4.69) is 207 Å². The number of hydrogen-bond donors (Lipinski definition) is 3. The van der Waals surface area contributed by atoms with Gasteiger partial charge in [0.25, 0.3) is 0 Å². The van der Waals surface area contributed by atoms with Crippen molar-refractivity contribution in [3.8, 4) is 5.69 Å². The molecule has 7 aromatic carbocycles. The zero-order valence-corrected chi connectivity index (χ0v) is 29.6. The molecule has 3 N–H and O–H groups in total. The van der Waals surface area contributed by atoms with Crippen LogP contribution in [0.1, 0.15) is 17.2 Å². The first-order valence-corrected chi connectivity index (χ1v) is 18.7. The smallest absolute Gasteiger partial charge is 0.111 e. The molecule has 5 nitrogen and oxygen atoms in total. The van der Waals surface area contributed by atoms with Crippen LogP contribution in [0.5, 0.6) is 0 Å². The van der Waals surface area contributed by atoms with Crippen molar-refractivity contribution in [2.24, 2.45) is 0 Å². The van der Waals surface area contributed by atoms with E-state index in [4.69, 9.17) is 0 Å². The van der Waals surface area contributed by atoms with Crippen molar-refractivity contribution in [3.63, 3.8) is 0 Å². The first-order chi connectivity index (χ1) is 26.8. The van der Waals surface area contributed by atoms with Crippen LogP contribution in [0.25, 0.3) is 71.6 Å². The van der Waals surface area contributed by atoms with Crippen LogP contribution in [0.4, 0.5) is 0 Å². The van der Waals surface area contributed by atoms with E-state index in [1.54, 1.807) is 0 Å². The van der Waals surface area contributed by atoms with Crippen molar-refractivity contribution in [2.75, 3.05) is 6.54 Å². The molecule has 2 aliphatic heterocycles. The van der Waals surface area contributed by atoms with Gasteiger partial charge in [-0.25, -0.2) is 0 Å². The molecule has 0 aliphatic carbocycles. The van der Waals surface area contributed by atoms with Crippen molar-refractivity contribution < 1.29 is 0 Å². The fourth-order valence-electron chi connectivity index (χ4n) is 8.71. The van der Waals surface area contributed by atoms with Gasteiger partial charge in [-0.3, -0.25) is 9.88 Å².